The summed E-state index contributed by atoms with van der Waals surface area (Å²) in [6.07, 6.45) is 3.43. The number of phenols is 1. The smallest absolute Gasteiger partial charge is 0.313 e. The number of aromatic hydroxyl groups is 1. The van der Waals surface area contributed by atoms with E-state index in [-0.39, 0.29) is 11.5 Å². The van der Waals surface area contributed by atoms with E-state index in [4.69, 9.17) is 5.11 Å². The summed E-state index contributed by atoms with van der Waals surface area (Å²) in [7, 11) is 1.18. The molecule has 5 heteroatoms. The number of hydrogen-bond donors (Lipinski definition) is 2. The second-order valence-corrected chi connectivity index (χ2v) is 3.71. The van der Waals surface area contributed by atoms with E-state index < -0.39 is 18.2 Å². The molecule has 5 nitrogen and oxygen atoms in total. The molecule has 0 aliphatic rings. The molecule has 1 aromatic rings. The zero-order valence-electron chi connectivity index (χ0n) is 10.4. The topological polar surface area (TPSA) is 83.8 Å². The van der Waals surface area contributed by atoms with E-state index in [0.29, 0.717) is 0 Å². The van der Waals surface area contributed by atoms with Crippen molar-refractivity contribution in [1.82, 2.24) is 0 Å². The summed E-state index contributed by atoms with van der Waals surface area (Å²) in [4.78, 5) is 22.1. The van der Waals surface area contributed by atoms with Gasteiger partial charge in [-0.05, 0) is 23.8 Å². The number of rotatable bonds is 5. The first-order chi connectivity index (χ1) is 9.01. The Bertz CT molecular complexity index is 511. The van der Waals surface area contributed by atoms with Crippen LogP contribution in [0, 0.1) is 0 Å². The van der Waals surface area contributed by atoms with Crippen molar-refractivity contribution in [2.24, 2.45) is 0 Å². The highest BCUT2D eigenvalue weighted by Gasteiger charge is 2.07. The zero-order chi connectivity index (χ0) is 14.3. The number of methoxy groups -OCH3 is 1. The van der Waals surface area contributed by atoms with Crippen molar-refractivity contribution in [1.29, 1.82) is 0 Å². The molecule has 0 fully saturated rings. The highest BCUT2D eigenvalue weighted by Crippen LogP contribution is 2.11. The Balaban J connectivity index is 2.63. The predicted molar refractivity (Wildman–Crippen MR) is 69.5 cm³/mol. The second-order valence-electron chi connectivity index (χ2n) is 3.71. The highest BCUT2D eigenvalue weighted by atomic mass is 16.5. The van der Waals surface area contributed by atoms with Crippen LogP contribution < -0.4 is 0 Å². The number of phenolic OH excluding ortho intramolecular Hbond substituents is 1. The zero-order valence-corrected chi connectivity index (χ0v) is 10.4. The van der Waals surface area contributed by atoms with Gasteiger partial charge in [0.1, 0.15) is 17.9 Å². The van der Waals surface area contributed by atoms with Gasteiger partial charge in [-0.15, -0.1) is 0 Å². The van der Waals surface area contributed by atoms with E-state index >= 15 is 0 Å². The molecule has 0 aromatic heterocycles. The third-order valence-electron chi connectivity index (χ3n) is 2.19. The molecule has 0 aliphatic carbocycles. The van der Waals surface area contributed by atoms with Gasteiger partial charge < -0.3 is 14.9 Å². The lowest BCUT2D eigenvalue weighted by Gasteiger charge is -1.96. The predicted octanol–water partition coefficient (Wildman–Crippen LogP) is 1.98. The van der Waals surface area contributed by atoms with Crippen molar-refractivity contribution in [3.63, 3.8) is 0 Å². The maximum Gasteiger partial charge on any atom is 0.313 e. The summed E-state index contributed by atoms with van der Waals surface area (Å²) in [5.41, 5.74) is 0.748. The van der Waals surface area contributed by atoms with Crippen LogP contribution in [0.4, 0.5) is 0 Å². The van der Waals surface area contributed by atoms with E-state index in [9.17, 15) is 14.7 Å². The van der Waals surface area contributed by atoms with Crippen molar-refractivity contribution in [2.45, 2.75) is 6.42 Å². The summed E-state index contributed by atoms with van der Waals surface area (Å²) in [5, 5.41) is 18.6. The van der Waals surface area contributed by atoms with Crippen molar-refractivity contribution in [2.75, 3.05) is 7.11 Å². The molecule has 19 heavy (non-hydrogen) atoms. The molecular weight excluding hydrogens is 248 g/mol. The molecule has 1 aromatic carbocycles. The number of esters is 1. The van der Waals surface area contributed by atoms with Crippen LogP contribution in [0.25, 0.3) is 6.08 Å². The summed E-state index contributed by atoms with van der Waals surface area (Å²) >= 11 is 0. The van der Waals surface area contributed by atoms with Crippen LogP contribution in [-0.2, 0) is 14.3 Å². The van der Waals surface area contributed by atoms with Gasteiger partial charge in [0.25, 0.3) is 0 Å². The largest absolute Gasteiger partial charge is 0.508 e. The molecule has 0 spiro atoms. The molecule has 0 radical (unpaired) electrons. The van der Waals surface area contributed by atoms with Gasteiger partial charge in [0.2, 0.25) is 0 Å². The van der Waals surface area contributed by atoms with Crippen molar-refractivity contribution in [3.05, 3.63) is 47.7 Å². The van der Waals surface area contributed by atoms with Gasteiger partial charge in [-0.1, -0.05) is 18.2 Å². The van der Waals surface area contributed by atoms with E-state index in [0.717, 1.165) is 11.6 Å². The SMILES string of the molecule is COC(=O)CC(=O)C=C(O)C=Cc1ccc(O)cc1. The Hall–Kier alpha value is -2.56. The van der Waals surface area contributed by atoms with Gasteiger partial charge in [-0.25, -0.2) is 0 Å². The third-order valence-corrected chi connectivity index (χ3v) is 2.19. The van der Waals surface area contributed by atoms with E-state index in [1.165, 1.54) is 25.3 Å². The molecule has 0 amide bonds. The normalized spacial score (nSPS) is 11.5. The lowest BCUT2D eigenvalue weighted by atomic mass is 10.2. The molecule has 0 saturated heterocycles. The van der Waals surface area contributed by atoms with Crippen LogP contribution in [0.5, 0.6) is 5.75 Å². The average molecular weight is 262 g/mol. The van der Waals surface area contributed by atoms with Gasteiger partial charge >= 0.3 is 5.97 Å². The monoisotopic (exact) mass is 262 g/mol. The number of carbonyl (C=O) groups is 2. The van der Waals surface area contributed by atoms with Crippen LogP contribution in [0.15, 0.2) is 42.2 Å². The van der Waals surface area contributed by atoms with E-state index in [2.05, 4.69) is 4.74 Å². The van der Waals surface area contributed by atoms with Crippen molar-refractivity contribution in [3.8, 4) is 5.75 Å². The Morgan fingerprint density at radius 2 is 1.89 bits per heavy atom. The maximum atomic E-state index is 11.3. The minimum absolute atomic E-state index is 0.144. The molecule has 0 unspecified atom stereocenters. The summed E-state index contributed by atoms with van der Waals surface area (Å²) in [6, 6.07) is 6.30. The van der Waals surface area contributed by atoms with Crippen molar-refractivity contribution >= 4 is 17.8 Å². The Kier molecular flexibility index (Phi) is 5.35. The number of ether oxygens (including phenoxy) is 1. The average Bonchev–Trinajstić information content (AvgIpc) is 2.37. The Morgan fingerprint density at radius 3 is 2.47 bits per heavy atom. The lowest BCUT2D eigenvalue weighted by molar-refractivity contribution is -0.142. The quantitative estimate of drug-likeness (QED) is 0.279. The first-order valence-corrected chi connectivity index (χ1v) is 5.48. The fourth-order valence-electron chi connectivity index (χ4n) is 1.25. The van der Waals surface area contributed by atoms with E-state index in [1.807, 2.05) is 0 Å². The standard InChI is InChI=1S/C14H14O5/c1-19-14(18)9-13(17)8-12(16)7-4-10-2-5-11(15)6-3-10/h2-8,15-16H,9H2,1H3. The first-order valence-electron chi connectivity index (χ1n) is 5.48. The van der Waals surface area contributed by atoms with Gasteiger partial charge in [-0.3, -0.25) is 9.59 Å². The summed E-state index contributed by atoms with van der Waals surface area (Å²) in [5.74, 6) is -1.32. The highest BCUT2D eigenvalue weighted by molar-refractivity contribution is 6.02. The Labute approximate surface area is 110 Å². The minimum atomic E-state index is -0.656. The van der Waals surface area contributed by atoms with Gasteiger partial charge in [0.05, 0.1) is 7.11 Å². The minimum Gasteiger partial charge on any atom is -0.508 e. The maximum absolute atomic E-state index is 11.3. The molecule has 0 aliphatic heterocycles. The second kappa shape index (κ2) is 7.00. The number of ketones is 1. The Morgan fingerprint density at radius 1 is 1.26 bits per heavy atom. The molecule has 0 heterocycles. The third kappa shape index (κ3) is 5.54. The van der Waals surface area contributed by atoms with Gasteiger partial charge in [0, 0.05) is 6.08 Å². The van der Waals surface area contributed by atoms with Crippen LogP contribution in [0.3, 0.4) is 0 Å². The number of aliphatic hydroxyl groups excluding tert-OH is 1. The summed E-state index contributed by atoms with van der Waals surface area (Å²) < 4.78 is 4.33. The van der Waals surface area contributed by atoms with Gasteiger partial charge in [-0.2, -0.15) is 0 Å². The summed E-state index contributed by atoms with van der Waals surface area (Å²) in [6.45, 7) is 0. The van der Waals surface area contributed by atoms with Crippen LogP contribution in [-0.4, -0.2) is 29.1 Å². The van der Waals surface area contributed by atoms with E-state index in [1.54, 1.807) is 18.2 Å². The van der Waals surface area contributed by atoms with Gasteiger partial charge in [0.15, 0.2) is 5.78 Å². The fraction of sp³-hybridized carbons (Fsp3) is 0.143. The molecule has 0 bridgehead atoms. The number of allylic oxidation sites excluding steroid dienone is 2. The molecule has 0 saturated carbocycles. The number of hydrogen-bond acceptors (Lipinski definition) is 5. The molecule has 1 rings (SSSR count). The molecule has 100 valence electrons. The fourth-order valence-corrected chi connectivity index (χ4v) is 1.25. The number of carbonyl (C=O) groups excluding carboxylic acids is 2. The lowest BCUT2D eigenvalue weighted by Crippen LogP contribution is -2.07. The van der Waals surface area contributed by atoms with Crippen LogP contribution in [0.2, 0.25) is 0 Å². The number of aliphatic hydroxyl groups is 1. The first kappa shape index (κ1) is 14.5. The molecular formula is C14H14O5. The van der Waals surface area contributed by atoms with Crippen LogP contribution in [0.1, 0.15) is 12.0 Å². The van der Waals surface area contributed by atoms with Crippen LogP contribution >= 0.6 is 0 Å². The number of benzene rings is 1. The molecule has 2 N–H and O–H groups in total. The van der Waals surface area contributed by atoms with Crippen molar-refractivity contribution < 1.29 is 24.5 Å². The molecule has 0 atom stereocenters.